The van der Waals surface area contributed by atoms with Crippen LogP contribution in [0, 0.1) is 5.41 Å². The summed E-state index contributed by atoms with van der Waals surface area (Å²) in [7, 11) is 1.27. The number of hydrogen-bond donors (Lipinski definition) is 1. The number of ketones is 1. The first kappa shape index (κ1) is 14.7. The van der Waals surface area contributed by atoms with Crippen LogP contribution in [0.1, 0.15) is 33.6 Å². The highest BCUT2D eigenvalue weighted by molar-refractivity contribution is 5.91. The summed E-state index contributed by atoms with van der Waals surface area (Å²) >= 11 is 0. The van der Waals surface area contributed by atoms with Gasteiger partial charge in [0.25, 0.3) is 0 Å². The maximum atomic E-state index is 12.1. The van der Waals surface area contributed by atoms with Gasteiger partial charge in [-0.05, 0) is 12.8 Å². The van der Waals surface area contributed by atoms with Crippen LogP contribution in [-0.4, -0.2) is 25.0 Å². The van der Waals surface area contributed by atoms with E-state index in [1.165, 1.54) is 7.11 Å². The summed E-state index contributed by atoms with van der Waals surface area (Å²) in [5, 5.41) is 2.53. The molecule has 0 saturated carbocycles. The SMILES string of the molecule is C=CC[C@H](NC(=O)OC)C(=O)C(C)(C)CC. The van der Waals surface area contributed by atoms with Crippen molar-refractivity contribution in [3.8, 4) is 0 Å². The average molecular weight is 227 g/mol. The van der Waals surface area contributed by atoms with E-state index in [1.54, 1.807) is 6.08 Å². The van der Waals surface area contributed by atoms with Gasteiger partial charge in [-0.25, -0.2) is 4.79 Å². The van der Waals surface area contributed by atoms with Crippen molar-refractivity contribution in [3.05, 3.63) is 12.7 Å². The predicted molar refractivity (Wildman–Crippen MR) is 63.2 cm³/mol. The number of carbonyl (C=O) groups excluding carboxylic acids is 2. The number of rotatable bonds is 6. The van der Waals surface area contributed by atoms with Crippen LogP contribution in [0.5, 0.6) is 0 Å². The Balaban J connectivity index is 4.71. The van der Waals surface area contributed by atoms with Gasteiger partial charge in [0.15, 0.2) is 5.78 Å². The Labute approximate surface area is 97.1 Å². The van der Waals surface area contributed by atoms with E-state index in [1.807, 2.05) is 20.8 Å². The smallest absolute Gasteiger partial charge is 0.407 e. The third-order valence-electron chi connectivity index (χ3n) is 2.75. The highest BCUT2D eigenvalue weighted by atomic mass is 16.5. The van der Waals surface area contributed by atoms with Crippen LogP contribution in [0.2, 0.25) is 0 Å². The van der Waals surface area contributed by atoms with Crippen LogP contribution in [0.25, 0.3) is 0 Å². The van der Waals surface area contributed by atoms with Crippen molar-refractivity contribution >= 4 is 11.9 Å². The zero-order valence-electron chi connectivity index (χ0n) is 10.5. The summed E-state index contributed by atoms with van der Waals surface area (Å²) in [6.45, 7) is 9.26. The lowest BCUT2D eigenvalue weighted by Crippen LogP contribution is -2.46. The van der Waals surface area contributed by atoms with E-state index in [9.17, 15) is 9.59 Å². The quantitative estimate of drug-likeness (QED) is 0.708. The van der Waals surface area contributed by atoms with Crippen molar-refractivity contribution in [2.24, 2.45) is 5.41 Å². The molecule has 1 N–H and O–H groups in total. The fourth-order valence-corrected chi connectivity index (χ4v) is 1.25. The highest BCUT2D eigenvalue weighted by Gasteiger charge is 2.32. The number of methoxy groups -OCH3 is 1. The Morgan fingerprint density at radius 3 is 2.44 bits per heavy atom. The number of nitrogens with one attached hydrogen (secondary N) is 1. The van der Waals surface area contributed by atoms with Crippen LogP contribution in [-0.2, 0) is 9.53 Å². The molecule has 0 aromatic heterocycles. The van der Waals surface area contributed by atoms with Gasteiger partial charge in [-0.2, -0.15) is 0 Å². The molecule has 1 atom stereocenters. The standard InChI is InChI=1S/C12H21NO3/c1-6-8-9(13-11(15)16-5)10(14)12(3,4)7-2/h6,9H,1,7-8H2,2-5H3,(H,13,15)/t9-/m0/s1. The minimum Gasteiger partial charge on any atom is -0.453 e. The molecule has 1 amide bonds. The summed E-state index contributed by atoms with van der Waals surface area (Å²) < 4.78 is 4.49. The number of ether oxygens (including phenoxy) is 1. The Bertz CT molecular complexity index is 271. The first-order valence-electron chi connectivity index (χ1n) is 5.38. The molecule has 0 aliphatic rings. The van der Waals surface area contributed by atoms with Crippen molar-refractivity contribution in [1.82, 2.24) is 5.32 Å². The van der Waals surface area contributed by atoms with Gasteiger partial charge in [-0.3, -0.25) is 4.79 Å². The predicted octanol–water partition coefficient (Wildman–Crippen LogP) is 2.29. The molecule has 0 heterocycles. The molecule has 0 aliphatic carbocycles. The summed E-state index contributed by atoms with van der Waals surface area (Å²) in [6, 6.07) is -0.556. The summed E-state index contributed by atoms with van der Waals surface area (Å²) in [6.07, 6.45) is 2.16. The van der Waals surface area contributed by atoms with Gasteiger partial charge in [0, 0.05) is 5.41 Å². The molecule has 0 spiro atoms. The van der Waals surface area contributed by atoms with Crippen molar-refractivity contribution in [2.45, 2.75) is 39.7 Å². The first-order valence-corrected chi connectivity index (χ1v) is 5.38. The second-order valence-corrected chi connectivity index (χ2v) is 4.31. The van der Waals surface area contributed by atoms with Gasteiger partial charge in [-0.15, -0.1) is 6.58 Å². The zero-order valence-corrected chi connectivity index (χ0v) is 10.5. The maximum absolute atomic E-state index is 12.1. The van der Waals surface area contributed by atoms with Crippen LogP contribution < -0.4 is 5.32 Å². The second kappa shape index (κ2) is 6.30. The molecule has 0 aromatic rings. The lowest BCUT2D eigenvalue weighted by Gasteiger charge is -2.26. The molecule has 0 bridgehead atoms. The summed E-state index contributed by atoms with van der Waals surface area (Å²) in [5.74, 6) is 0.000278. The van der Waals surface area contributed by atoms with E-state index in [-0.39, 0.29) is 5.78 Å². The van der Waals surface area contributed by atoms with E-state index in [0.717, 1.165) is 6.42 Å². The fourth-order valence-electron chi connectivity index (χ4n) is 1.25. The van der Waals surface area contributed by atoms with Gasteiger partial charge in [0.1, 0.15) is 0 Å². The highest BCUT2D eigenvalue weighted by Crippen LogP contribution is 2.23. The lowest BCUT2D eigenvalue weighted by atomic mass is 9.81. The van der Waals surface area contributed by atoms with Gasteiger partial charge in [0.2, 0.25) is 0 Å². The van der Waals surface area contributed by atoms with Crippen molar-refractivity contribution in [1.29, 1.82) is 0 Å². The Morgan fingerprint density at radius 2 is 2.06 bits per heavy atom. The monoisotopic (exact) mass is 227 g/mol. The number of carbonyl (C=O) groups is 2. The molecule has 4 heteroatoms. The van der Waals surface area contributed by atoms with Crippen LogP contribution in [0.3, 0.4) is 0 Å². The Morgan fingerprint density at radius 1 is 1.50 bits per heavy atom. The van der Waals surface area contributed by atoms with Crippen LogP contribution >= 0.6 is 0 Å². The van der Waals surface area contributed by atoms with Crippen molar-refractivity contribution < 1.29 is 14.3 Å². The summed E-state index contributed by atoms with van der Waals surface area (Å²) in [5.41, 5.74) is -0.450. The largest absolute Gasteiger partial charge is 0.453 e. The van der Waals surface area contributed by atoms with E-state index in [2.05, 4.69) is 16.6 Å². The molecular weight excluding hydrogens is 206 g/mol. The molecule has 16 heavy (non-hydrogen) atoms. The van der Waals surface area contributed by atoms with E-state index in [4.69, 9.17) is 0 Å². The molecule has 0 fully saturated rings. The van der Waals surface area contributed by atoms with Gasteiger partial charge >= 0.3 is 6.09 Å². The normalized spacial score (nSPS) is 12.8. The number of hydrogen-bond acceptors (Lipinski definition) is 3. The van der Waals surface area contributed by atoms with Crippen molar-refractivity contribution in [3.63, 3.8) is 0 Å². The maximum Gasteiger partial charge on any atom is 0.407 e. The average Bonchev–Trinajstić information content (AvgIpc) is 2.27. The molecular formula is C12H21NO3. The zero-order chi connectivity index (χ0) is 12.8. The van der Waals surface area contributed by atoms with Gasteiger partial charge in [0.05, 0.1) is 13.2 Å². The minimum atomic E-state index is -0.591. The molecule has 0 aromatic carbocycles. The number of alkyl carbamates (subject to hydrolysis) is 1. The van der Waals surface area contributed by atoms with E-state index in [0.29, 0.717) is 6.42 Å². The van der Waals surface area contributed by atoms with E-state index >= 15 is 0 Å². The lowest BCUT2D eigenvalue weighted by molar-refractivity contribution is -0.129. The molecule has 0 saturated heterocycles. The topological polar surface area (TPSA) is 55.4 Å². The summed E-state index contributed by atoms with van der Waals surface area (Å²) in [4.78, 5) is 23.2. The molecule has 0 unspecified atom stereocenters. The molecule has 0 rings (SSSR count). The second-order valence-electron chi connectivity index (χ2n) is 4.31. The fraction of sp³-hybridized carbons (Fsp3) is 0.667. The van der Waals surface area contributed by atoms with Crippen LogP contribution in [0.15, 0.2) is 12.7 Å². The number of amides is 1. The van der Waals surface area contributed by atoms with Gasteiger partial charge in [-0.1, -0.05) is 26.8 Å². The molecule has 0 aliphatic heterocycles. The van der Waals surface area contributed by atoms with Gasteiger partial charge < -0.3 is 10.1 Å². The van der Waals surface area contributed by atoms with Crippen LogP contribution in [0.4, 0.5) is 4.79 Å². The first-order chi connectivity index (χ1) is 7.38. The van der Waals surface area contributed by atoms with Crippen molar-refractivity contribution in [2.75, 3.05) is 7.11 Å². The Kier molecular flexibility index (Phi) is 5.78. The number of Topliss-reactive ketones (excluding diaryl/α,β-unsaturated/α-hetero) is 1. The van der Waals surface area contributed by atoms with E-state index < -0.39 is 17.6 Å². The molecule has 92 valence electrons. The third-order valence-corrected chi connectivity index (χ3v) is 2.75. The minimum absolute atomic E-state index is 0.000278. The molecule has 0 radical (unpaired) electrons. The Hall–Kier alpha value is -1.32. The molecule has 4 nitrogen and oxygen atoms in total. The third kappa shape index (κ3) is 4.04.